The van der Waals surface area contributed by atoms with Crippen LogP contribution in [0.5, 0.6) is 0 Å². The summed E-state index contributed by atoms with van der Waals surface area (Å²) in [6, 6.07) is 49.1. The van der Waals surface area contributed by atoms with Crippen molar-refractivity contribution in [2.75, 3.05) is 0 Å². The average molecular weight is 551 g/mol. The molecule has 0 N–H and O–H groups in total. The maximum absolute atomic E-state index is 5.14. The van der Waals surface area contributed by atoms with Crippen molar-refractivity contribution in [2.24, 2.45) is 0 Å². The first kappa shape index (κ1) is 22.7. The van der Waals surface area contributed by atoms with E-state index >= 15 is 0 Å². The zero-order valence-electron chi connectivity index (χ0n) is 20.6. The van der Waals surface area contributed by atoms with Crippen LogP contribution in [0.25, 0.3) is 61.1 Å². The fraction of sp³-hybridized carbons (Fsp3) is 0. The molecule has 0 bridgehead atoms. The van der Waals surface area contributed by atoms with Crippen LogP contribution in [-0.2, 0) is 0 Å². The molecule has 3 heteroatoms. The quantitative estimate of drug-likeness (QED) is 0.213. The molecular weight excluding hydrogens is 528 g/mol. The molecule has 0 aliphatic heterocycles. The Hall–Kier alpha value is -4.47. The zero-order chi connectivity index (χ0) is 25.5. The molecule has 2 nitrogen and oxygen atoms in total. The smallest absolute Gasteiger partial charge is 0.0716 e. The molecule has 7 aromatic rings. The SMILES string of the molecule is Brc1ccc2c3ccccc3n(-c3cccc(-c4cc(-c5ccccc5)cc(-c5ccccc5)n4)c3)c2c1. The predicted octanol–water partition coefficient (Wildman–Crippen LogP) is 9.94. The van der Waals surface area contributed by atoms with Gasteiger partial charge in [0, 0.05) is 32.1 Å². The van der Waals surface area contributed by atoms with Crippen molar-refractivity contribution in [3.8, 4) is 39.3 Å². The van der Waals surface area contributed by atoms with Gasteiger partial charge < -0.3 is 4.57 Å². The fourth-order valence-electron chi connectivity index (χ4n) is 5.26. The molecule has 0 aliphatic rings. The Labute approximate surface area is 230 Å². The van der Waals surface area contributed by atoms with Gasteiger partial charge >= 0.3 is 0 Å². The molecule has 0 amide bonds. The predicted molar refractivity (Wildman–Crippen MR) is 163 cm³/mol. The maximum atomic E-state index is 5.14. The molecule has 0 saturated heterocycles. The highest BCUT2D eigenvalue weighted by Crippen LogP contribution is 2.35. The van der Waals surface area contributed by atoms with E-state index in [1.165, 1.54) is 27.4 Å². The van der Waals surface area contributed by atoms with Crippen LogP contribution < -0.4 is 0 Å². The van der Waals surface area contributed by atoms with Gasteiger partial charge in [-0.2, -0.15) is 0 Å². The molecule has 2 heterocycles. The van der Waals surface area contributed by atoms with E-state index in [4.69, 9.17) is 4.98 Å². The molecule has 7 rings (SSSR count). The minimum absolute atomic E-state index is 0.953. The van der Waals surface area contributed by atoms with Crippen LogP contribution in [0.2, 0.25) is 0 Å². The van der Waals surface area contributed by atoms with E-state index in [2.05, 4.69) is 154 Å². The van der Waals surface area contributed by atoms with E-state index in [-0.39, 0.29) is 0 Å². The molecular formula is C35H23BrN2. The van der Waals surface area contributed by atoms with Crippen molar-refractivity contribution in [2.45, 2.75) is 0 Å². The molecule has 0 unspecified atom stereocenters. The summed E-state index contributed by atoms with van der Waals surface area (Å²) in [7, 11) is 0. The summed E-state index contributed by atoms with van der Waals surface area (Å²) < 4.78 is 3.41. The summed E-state index contributed by atoms with van der Waals surface area (Å²) in [4.78, 5) is 5.14. The highest BCUT2D eigenvalue weighted by Gasteiger charge is 2.14. The van der Waals surface area contributed by atoms with Gasteiger partial charge in [0.25, 0.3) is 0 Å². The first-order valence-corrected chi connectivity index (χ1v) is 13.5. The standard InChI is InChI=1S/C35H23BrN2/c36-28-18-19-31-30-16-7-8-17-34(30)38(35(31)23-28)29-15-9-14-26(20-29)33-22-27(24-10-3-1-4-11-24)21-32(37-33)25-12-5-2-6-13-25/h1-23H. The van der Waals surface area contributed by atoms with E-state index < -0.39 is 0 Å². The number of halogens is 1. The van der Waals surface area contributed by atoms with Crippen LogP contribution in [0.3, 0.4) is 0 Å². The van der Waals surface area contributed by atoms with Crippen LogP contribution >= 0.6 is 15.9 Å². The lowest BCUT2D eigenvalue weighted by Gasteiger charge is -2.13. The minimum Gasteiger partial charge on any atom is -0.309 e. The van der Waals surface area contributed by atoms with E-state index in [9.17, 15) is 0 Å². The average Bonchev–Trinajstić information content (AvgIpc) is 3.31. The van der Waals surface area contributed by atoms with Gasteiger partial charge in [-0.3, -0.25) is 0 Å². The summed E-state index contributed by atoms with van der Waals surface area (Å²) in [6.45, 7) is 0. The normalized spacial score (nSPS) is 11.3. The number of nitrogens with zero attached hydrogens (tertiary/aromatic N) is 2. The van der Waals surface area contributed by atoms with E-state index in [1.807, 2.05) is 6.07 Å². The number of hydrogen-bond acceptors (Lipinski definition) is 1. The van der Waals surface area contributed by atoms with Crippen molar-refractivity contribution in [1.29, 1.82) is 0 Å². The van der Waals surface area contributed by atoms with Gasteiger partial charge in [-0.1, -0.05) is 113 Å². The molecule has 2 aromatic heterocycles. The number of aromatic nitrogens is 2. The minimum atomic E-state index is 0.953. The number of hydrogen-bond donors (Lipinski definition) is 0. The second-order valence-corrected chi connectivity index (χ2v) is 10.3. The Morgan fingerprint density at radius 2 is 1.08 bits per heavy atom. The lowest BCUT2D eigenvalue weighted by molar-refractivity contribution is 1.18. The molecule has 0 atom stereocenters. The molecule has 0 spiro atoms. The lowest BCUT2D eigenvalue weighted by atomic mass is 10.00. The maximum Gasteiger partial charge on any atom is 0.0716 e. The van der Waals surface area contributed by atoms with E-state index in [0.717, 1.165) is 38.2 Å². The molecule has 0 radical (unpaired) electrons. The highest BCUT2D eigenvalue weighted by atomic mass is 79.9. The third-order valence-corrected chi connectivity index (χ3v) is 7.53. The van der Waals surface area contributed by atoms with Crippen molar-refractivity contribution >= 4 is 37.7 Å². The second-order valence-electron chi connectivity index (χ2n) is 9.42. The Morgan fingerprint density at radius 1 is 0.447 bits per heavy atom. The molecule has 0 fully saturated rings. The van der Waals surface area contributed by atoms with Gasteiger partial charge in [0.2, 0.25) is 0 Å². The fourth-order valence-corrected chi connectivity index (χ4v) is 5.61. The van der Waals surface area contributed by atoms with Gasteiger partial charge in [0.15, 0.2) is 0 Å². The number of para-hydroxylation sites is 1. The van der Waals surface area contributed by atoms with E-state index in [1.54, 1.807) is 0 Å². The van der Waals surface area contributed by atoms with Crippen LogP contribution in [0, 0.1) is 0 Å². The summed E-state index contributed by atoms with van der Waals surface area (Å²) in [5.41, 5.74) is 9.91. The van der Waals surface area contributed by atoms with Gasteiger partial charge in [0.1, 0.15) is 0 Å². The molecule has 38 heavy (non-hydrogen) atoms. The van der Waals surface area contributed by atoms with Gasteiger partial charge in [-0.25, -0.2) is 4.98 Å². The van der Waals surface area contributed by atoms with Crippen molar-refractivity contribution in [1.82, 2.24) is 9.55 Å². The van der Waals surface area contributed by atoms with Gasteiger partial charge in [0.05, 0.1) is 22.4 Å². The van der Waals surface area contributed by atoms with Crippen molar-refractivity contribution < 1.29 is 0 Å². The second kappa shape index (κ2) is 9.44. The van der Waals surface area contributed by atoms with Crippen molar-refractivity contribution in [3.05, 3.63) is 144 Å². The number of pyridine rings is 1. The monoisotopic (exact) mass is 550 g/mol. The first-order chi connectivity index (χ1) is 18.7. The topological polar surface area (TPSA) is 17.8 Å². The van der Waals surface area contributed by atoms with Crippen LogP contribution in [0.15, 0.2) is 144 Å². The first-order valence-electron chi connectivity index (χ1n) is 12.7. The van der Waals surface area contributed by atoms with Crippen molar-refractivity contribution in [3.63, 3.8) is 0 Å². The Balaban J connectivity index is 1.44. The molecule has 180 valence electrons. The third-order valence-electron chi connectivity index (χ3n) is 7.04. The van der Waals surface area contributed by atoms with E-state index in [0.29, 0.717) is 0 Å². The summed E-state index contributed by atoms with van der Waals surface area (Å²) in [5.74, 6) is 0. The lowest BCUT2D eigenvalue weighted by Crippen LogP contribution is -1.96. The summed E-state index contributed by atoms with van der Waals surface area (Å²) in [6.07, 6.45) is 0. The number of fused-ring (bicyclic) bond motifs is 3. The Kier molecular flexibility index (Phi) is 5.64. The largest absolute Gasteiger partial charge is 0.309 e. The Bertz CT molecular complexity index is 1860. The van der Waals surface area contributed by atoms with Gasteiger partial charge in [-0.05, 0) is 53.6 Å². The highest BCUT2D eigenvalue weighted by molar-refractivity contribution is 9.10. The van der Waals surface area contributed by atoms with Crippen LogP contribution in [0.1, 0.15) is 0 Å². The molecule has 0 saturated carbocycles. The number of rotatable bonds is 4. The molecule has 0 aliphatic carbocycles. The third kappa shape index (κ3) is 4.02. The summed E-state index contributed by atoms with van der Waals surface area (Å²) >= 11 is 3.68. The van der Waals surface area contributed by atoms with Crippen LogP contribution in [-0.4, -0.2) is 9.55 Å². The van der Waals surface area contributed by atoms with Gasteiger partial charge in [-0.15, -0.1) is 0 Å². The Morgan fingerprint density at radius 3 is 1.87 bits per heavy atom. The number of benzene rings is 5. The molecule has 5 aromatic carbocycles. The zero-order valence-corrected chi connectivity index (χ0v) is 22.1. The van der Waals surface area contributed by atoms with Crippen LogP contribution in [0.4, 0.5) is 0 Å². The summed E-state index contributed by atoms with van der Waals surface area (Å²) in [5, 5.41) is 2.49.